The maximum Gasteiger partial charge on any atom is 0.191 e. The summed E-state index contributed by atoms with van der Waals surface area (Å²) in [6, 6.07) is 0. The summed E-state index contributed by atoms with van der Waals surface area (Å²) >= 11 is 0. The van der Waals surface area contributed by atoms with Gasteiger partial charge < -0.3 is 19.8 Å². The molecule has 7 nitrogen and oxygen atoms in total. The predicted octanol–water partition coefficient (Wildman–Crippen LogP) is 3.43. The molecule has 0 aromatic carbocycles. The number of hydrogen-bond donors (Lipinski definition) is 2. The molecular formula is C18H30FN5O2Si. The molecule has 0 spiro atoms. The Labute approximate surface area is 160 Å². The quantitative estimate of drug-likeness (QED) is 0.665. The minimum atomic E-state index is -1.89. The number of allylic oxidation sites excluding steroid dienone is 1. The van der Waals surface area contributed by atoms with Gasteiger partial charge in [-0.2, -0.15) is 0 Å². The highest BCUT2D eigenvalue weighted by Gasteiger charge is 2.36. The average molecular weight is 396 g/mol. The third kappa shape index (κ3) is 5.11. The summed E-state index contributed by atoms with van der Waals surface area (Å²) in [4.78, 5) is 12.2. The summed E-state index contributed by atoms with van der Waals surface area (Å²) in [5, 5.41) is 9.42. The summed E-state index contributed by atoms with van der Waals surface area (Å²) in [7, 11) is -1.89. The molecule has 0 aliphatic carbocycles. The van der Waals surface area contributed by atoms with Crippen molar-refractivity contribution in [2.45, 2.75) is 58.3 Å². The van der Waals surface area contributed by atoms with Crippen molar-refractivity contribution in [3.05, 3.63) is 24.1 Å². The number of aliphatic hydroxyl groups is 1. The van der Waals surface area contributed by atoms with Crippen molar-refractivity contribution < 1.29 is 13.9 Å². The highest BCUT2D eigenvalue weighted by Crippen LogP contribution is 2.36. The second kappa shape index (κ2) is 8.45. The number of nitrogens with zero attached hydrogens (tertiary/aromatic N) is 4. The molecule has 0 atom stereocenters. The second-order valence-corrected chi connectivity index (χ2v) is 13.0. The Morgan fingerprint density at radius 3 is 2.59 bits per heavy atom. The van der Waals surface area contributed by atoms with Gasteiger partial charge in [0, 0.05) is 13.2 Å². The number of nitrogen functional groups attached to an aromatic ring is 1. The summed E-state index contributed by atoms with van der Waals surface area (Å²) in [5.41, 5.74) is 7.27. The van der Waals surface area contributed by atoms with E-state index in [4.69, 9.17) is 10.2 Å². The van der Waals surface area contributed by atoms with Gasteiger partial charge in [0.05, 0.1) is 12.9 Å². The van der Waals surface area contributed by atoms with Gasteiger partial charge >= 0.3 is 0 Å². The van der Waals surface area contributed by atoms with Crippen molar-refractivity contribution >= 4 is 25.3 Å². The molecule has 2 heterocycles. The van der Waals surface area contributed by atoms with Crippen LogP contribution >= 0.6 is 0 Å². The fraction of sp³-hybridized carbons (Fsp3) is 0.611. The molecule has 0 aliphatic rings. The molecule has 0 saturated heterocycles. The third-order valence-electron chi connectivity index (χ3n) is 5.21. The summed E-state index contributed by atoms with van der Waals surface area (Å²) < 4.78 is 22.6. The maximum absolute atomic E-state index is 14.9. The Bertz CT molecular complexity index is 814. The Morgan fingerprint density at radius 1 is 1.26 bits per heavy atom. The Kier molecular flexibility index (Phi) is 6.71. The molecular weight excluding hydrogens is 365 g/mol. The van der Waals surface area contributed by atoms with Crippen LogP contribution in [0.15, 0.2) is 24.1 Å². The molecule has 27 heavy (non-hydrogen) atoms. The monoisotopic (exact) mass is 395 g/mol. The lowest BCUT2D eigenvalue weighted by Gasteiger charge is -2.36. The van der Waals surface area contributed by atoms with Crippen LogP contribution in [0, 0.1) is 0 Å². The van der Waals surface area contributed by atoms with E-state index >= 15 is 0 Å². The molecule has 0 fully saturated rings. The van der Waals surface area contributed by atoms with Gasteiger partial charge in [-0.25, -0.2) is 19.3 Å². The van der Waals surface area contributed by atoms with Crippen molar-refractivity contribution in [3.63, 3.8) is 0 Å². The molecule has 0 bridgehead atoms. The standard InChI is InChI=1S/C18H30FN5O2Si/c1-18(2,3)27(4,5)26-9-7-13(6-8-25)14(19)10-24-12-23-15-16(20)21-11-22-17(15)24/h11-12,25H,6-10H2,1-5H3,(H2,20,21,22)/b14-13-. The first kappa shape index (κ1) is 21.5. The molecule has 0 unspecified atom stereocenters. The van der Waals surface area contributed by atoms with Gasteiger partial charge in [0.2, 0.25) is 0 Å². The fourth-order valence-electron chi connectivity index (χ4n) is 2.45. The number of halogens is 1. The van der Waals surface area contributed by atoms with Crippen LogP contribution in [0.25, 0.3) is 11.2 Å². The van der Waals surface area contributed by atoms with Crippen LogP contribution < -0.4 is 5.73 Å². The molecule has 0 radical (unpaired) electrons. The van der Waals surface area contributed by atoms with Crippen LogP contribution in [0.1, 0.15) is 33.6 Å². The van der Waals surface area contributed by atoms with Gasteiger partial charge in [0.1, 0.15) is 17.7 Å². The van der Waals surface area contributed by atoms with E-state index in [0.29, 0.717) is 29.8 Å². The van der Waals surface area contributed by atoms with Gasteiger partial charge in [0.15, 0.2) is 19.8 Å². The number of aromatic nitrogens is 4. The van der Waals surface area contributed by atoms with Gasteiger partial charge in [-0.3, -0.25) is 0 Å². The molecule has 0 aliphatic heterocycles. The molecule has 2 rings (SSSR count). The minimum absolute atomic E-state index is 0.0115. The lowest BCUT2D eigenvalue weighted by molar-refractivity contribution is 0.274. The number of hydrogen-bond acceptors (Lipinski definition) is 6. The molecule has 3 N–H and O–H groups in total. The van der Waals surface area contributed by atoms with Gasteiger partial charge in [0.25, 0.3) is 0 Å². The minimum Gasteiger partial charge on any atom is -0.417 e. The zero-order valence-electron chi connectivity index (χ0n) is 16.8. The number of fused-ring (bicyclic) bond motifs is 1. The van der Waals surface area contributed by atoms with Crippen molar-refractivity contribution in [1.29, 1.82) is 0 Å². The topological polar surface area (TPSA) is 99.1 Å². The van der Waals surface area contributed by atoms with Gasteiger partial charge in [-0.15, -0.1) is 0 Å². The van der Waals surface area contributed by atoms with Crippen LogP contribution in [0.4, 0.5) is 10.2 Å². The van der Waals surface area contributed by atoms with E-state index in [-0.39, 0.29) is 36.3 Å². The third-order valence-corrected chi connectivity index (χ3v) is 9.75. The number of imidazole rings is 1. The predicted molar refractivity (Wildman–Crippen MR) is 107 cm³/mol. The van der Waals surface area contributed by atoms with Crippen LogP contribution in [0.2, 0.25) is 18.1 Å². The summed E-state index contributed by atoms with van der Waals surface area (Å²) in [6.07, 6.45) is 3.55. The zero-order valence-corrected chi connectivity index (χ0v) is 17.8. The van der Waals surface area contributed by atoms with Crippen LogP contribution in [0.3, 0.4) is 0 Å². The van der Waals surface area contributed by atoms with Gasteiger partial charge in [-0.1, -0.05) is 20.8 Å². The van der Waals surface area contributed by atoms with Gasteiger partial charge in [-0.05, 0) is 36.5 Å². The summed E-state index contributed by atoms with van der Waals surface area (Å²) in [6.45, 7) is 11.2. The average Bonchev–Trinajstić information content (AvgIpc) is 2.97. The van der Waals surface area contributed by atoms with E-state index < -0.39 is 8.32 Å². The fourth-order valence-corrected chi connectivity index (χ4v) is 3.50. The highest BCUT2D eigenvalue weighted by atomic mass is 28.4. The molecule has 2 aromatic heterocycles. The molecule has 150 valence electrons. The first-order chi connectivity index (χ1) is 12.6. The molecule has 2 aromatic rings. The van der Waals surface area contributed by atoms with Crippen LogP contribution in [0.5, 0.6) is 0 Å². The van der Waals surface area contributed by atoms with E-state index in [9.17, 15) is 9.50 Å². The van der Waals surface area contributed by atoms with Crippen molar-refractivity contribution in [1.82, 2.24) is 19.5 Å². The van der Waals surface area contributed by atoms with Crippen LogP contribution in [-0.4, -0.2) is 46.2 Å². The van der Waals surface area contributed by atoms with E-state index in [1.54, 1.807) is 4.57 Å². The maximum atomic E-state index is 14.9. The molecule has 0 saturated carbocycles. The Morgan fingerprint density at radius 2 is 1.96 bits per heavy atom. The normalized spacial score (nSPS) is 13.9. The highest BCUT2D eigenvalue weighted by molar-refractivity contribution is 6.74. The van der Waals surface area contributed by atoms with Crippen molar-refractivity contribution in [2.75, 3.05) is 18.9 Å². The van der Waals surface area contributed by atoms with Crippen molar-refractivity contribution in [2.24, 2.45) is 0 Å². The lowest BCUT2D eigenvalue weighted by Crippen LogP contribution is -2.41. The SMILES string of the molecule is CC(C)(C)[Si](C)(C)OCC/C(CCO)=C(\F)Cn1cnc2c(N)ncnc21. The first-order valence-electron chi connectivity index (χ1n) is 9.09. The van der Waals surface area contributed by atoms with E-state index in [2.05, 4.69) is 48.8 Å². The molecule has 9 heteroatoms. The largest absolute Gasteiger partial charge is 0.417 e. The molecule has 0 amide bonds. The number of anilines is 1. The lowest BCUT2D eigenvalue weighted by atomic mass is 10.1. The second-order valence-electron chi connectivity index (χ2n) is 8.14. The Balaban J connectivity index is 2.13. The number of nitrogens with two attached hydrogens (primary N) is 1. The van der Waals surface area contributed by atoms with E-state index in [0.717, 1.165) is 0 Å². The smallest absolute Gasteiger partial charge is 0.191 e. The number of rotatable bonds is 8. The van der Waals surface area contributed by atoms with E-state index in [1.807, 2.05) is 0 Å². The first-order valence-corrected chi connectivity index (χ1v) is 12.0. The van der Waals surface area contributed by atoms with Crippen LogP contribution in [-0.2, 0) is 11.0 Å². The Hall–Kier alpha value is -1.84. The van der Waals surface area contributed by atoms with Crippen molar-refractivity contribution in [3.8, 4) is 0 Å². The number of aliphatic hydroxyl groups excluding tert-OH is 1. The zero-order chi connectivity index (χ0) is 20.2. The van der Waals surface area contributed by atoms with E-state index in [1.165, 1.54) is 12.7 Å². The summed E-state index contributed by atoms with van der Waals surface area (Å²) in [5.74, 6) is -0.0409.